The number of carbonyl (C=O) groups excluding carboxylic acids is 2. The number of halogens is 2. The van der Waals surface area contributed by atoms with E-state index in [4.69, 9.17) is 0 Å². The second-order valence-electron chi connectivity index (χ2n) is 12.8. The van der Waals surface area contributed by atoms with E-state index in [1.807, 2.05) is 13.8 Å². The van der Waals surface area contributed by atoms with Crippen molar-refractivity contribution in [3.63, 3.8) is 0 Å². The van der Waals surface area contributed by atoms with Crippen LogP contribution in [0.1, 0.15) is 80.1 Å². The number of amides is 2. The van der Waals surface area contributed by atoms with Gasteiger partial charge in [0.2, 0.25) is 5.91 Å². The molecule has 3 aromatic rings. The van der Waals surface area contributed by atoms with Crippen LogP contribution in [-0.2, 0) is 22.6 Å². The van der Waals surface area contributed by atoms with Gasteiger partial charge in [0, 0.05) is 30.9 Å². The van der Waals surface area contributed by atoms with Crippen molar-refractivity contribution in [1.82, 2.24) is 25.3 Å². The molecule has 0 radical (unpaired) electrons. The summed E-state index contributed by atoms with van der Waals surface area (Å²) in [6.07, 6.45) is 2.11. The highest BCUT2D eigenvalue weighted by molar-refractivity contribution is 5.88. The number of aromatic nitrogens is 2. The monoisotopic (exact) mass is 623 g/mol. The fourth-order valence-electron chi connectivity index (χ4n) is 6.03. The van der Waals surface area contributed by atoms with Gasteiger partial charge >= 0.3 is 12.0 Å². The van der Waals surface area contributed by atoms with Crippen molar-refractivity contribution >= 4 is 17.9 Å². The van der Waals surface area contributed by atoms with Gasteiger partial charge < -0.3 is 15.7 Å². The highest BCUT2D eigenvalue weighted by atomic mass is 19.1. The maximum atomic E-state index is 15.7. The molecule has 2 heterocycles. The van der Waals surface area contributed by atoms with Crippen molar-refractivity contribution in [2.75, 3.05) is 6.54 Å². The fraction of sp³-hybridized carbons (Fsp3) is 0.471. The highest BCUT2D eigenvalue weighted by Gasteiger charge is 2.30. The number of carboxylic acids is 1. The first-order valence-corrected chi connectivity index (χ1v) is 15.4. The molecule has 1 aliphatic rings. The highest BCUT2D eigenvalue weighted by Crippen LogP contribution is 2.34. The van der Waals surface area contributed by atoms with Crippen molar-refractivity contribution in [3.05, 3.63) is 75.6 Å². The van der Waals surface area contributed by atoms with Crippen LogP contribution in [0.15, 0.2) is 30.5 Å². The summed E-state index contributed by atoms with van der Waals surface area (Å²) in [4.78, 5) is 41.2. The molecule has 4 rings (SSSR count). The summed E-state index contributed by atoms with van der Waals surface area (Å²) < 4.78 is 30.9. The van der Waals surface area contributed by atoms with E-state index in [1.54, 1.807) is 33.0 Å². The summed E-state index contributed by atoms with van der Waals surface area (Å²) in [6, 6.07) is 3.39. The van der Waals surface area contributed by atoms with Gasteiger partial charge in [-0.25, -0.2) is 13.6 Å². The summed E-state index contributed by atoms with van der Waals surface area (Å²) in [5.74, 6) is -2.92. The predicted molar refractivity (Wildman–Crippen MR) is 168 cm³/mol. The summed E-state index contributed by atoms with van der Waals surface area (Å²) >= 11 is 0. The van der Waals surface area contributed by atoms with Gasteiger partial charge in [0.05, 0.1) is 18.2 Å². The van der Waals surface area contributed by atoms with Crippen molar-refractivity contribution in [2.24, 2.45) is 5.92 Å². The molecule has 0 fully saturated rings. The van der Waals surface area contributed by atoms with Crippen LogP contribution in [0.4, 0.5) is 13.6 Å². The van der Waals surface area contributed by atoms with Crippen molar-refractivity contribution in [2.45, 2.75) is 92.4 Å². The Kier molecular flexibility index (Phi) is 10.4. The molecule has 2 amide bonds. The second-order valence-corrected chi connectivity index (χ2v) is 12.8. The average molecular weight is 624 g/mol. The number of nitrogens with zero attached hydrogens (tertiary/aromatic N) is 3. The molecule has 3 N–H and O–H groups in total. The third-order valence-electron chi connectivity index (χ3n) is 8.30. The molecule has 1 aromatic heterocycles. The Balaban J connectivity index is 1.62. The second kappa shape index (κ2) is 13.9. The van der Waals surface area contributed by atoms with Gasteiger partial charge in [-0.05, 0) is 111 Å². The Morgan fingerprint density at radius 1 is 0.978 bits per heavy atom. The predicted octanol–water partition coefficient (Wildman–Crippen LogP) is 5.82. The number of carboxylic acid groups (broad SMARTS) is 1. The molecule has 0 saturated carbocycles. The van der Waals surface area contributed by atoms with Crippen molar-refractivity contribution in [3.8, 4) is 11.1 Å². The van der Waals surface area contributed by atoms with E-state index in [2.05, 4.69) is 34.5 Å². The normalized spacial score (nSPS) is 14.7. The summed E-state index contributed by atoms with van der Waals surface area (Å²) in [5, 5.41) is 19.7. The number of aryl methyl sites for hydroxylation is 3. The Morgan fingerprint density at radius 3 is 2.24 bits per heavy atom. The Morgan fingerprint density at radius 2 is 1.64 bits per heavy atom. The summed E-state index contributed by atoms with van der Waals surface area (Å²) in [5.41, 5.74) is 4.59. The molecule has 0 unspecified atom stereocenters. The van der Waals surface area contributed by atoms with Crippen LogP contribution in [0.5, 0.6) is 0 Å². The van der Waals surface area contributed by atoms with E-state index in [0.29, 0.717) is 34.8 Å². The van der Waals surface area contributed by atoms with Gasteiger partial charge in [-0.1, -0.05) is 13.8 Å². The third-order valence-corrected chi connectivity index (χ3v) is 8.30. The first kappa shape index (κ1) is 33.8. The Labute approximate surface area is 263 Å². The molecule has 0 bridgehead atoms. The van der Waals surface area contributed by atoms with Crippen molar-refractivity contribution in [1.29, 1.82) is 0 Å². The lowest BCUT2D eigenvalue weighted by Gasteiger charge is -2.29. The maximum absolute atomic E-state index is 15.7. The number of carbonyl (C=O) groups is 3. The zero-order valence-electron chi connectivity index (χ0n) is 27.0. The average Bonchev–Trinajstić information content (AvgIpc) is 3.37. The minimum atomic E-state index is -1.24. The van der Waals surface area contributed by atoms with Crippen LogP contribution in [0.3, 0.4) is 0 Å². The van der Waals surface area contributed by atoms with E-state index in [0.717, 1.165) is 24.2 Å². The molecule has 45 heavy (non-hydrogen) atoms. The smallest absolute Gasteiger partial charge is 0.342 e. The van der Waals surface area contributed by atoms with E-state index in [-0.39, 0.29) is 23.5 Å². The minimum Gasteiger partial charge on any atom is -0.481 e. The Hall–Kier alpha value is -4.12. The molecule has 9 nitrogen and oxygen atoms in total. The van der Waals surface area contributed by atoms with Gasteiger partial charge in [-0.2, -0.15) is 9.78 Å². The summed E-state index contributed by atoms with van der Waals surface area (Å²) in [7, 11) is 0. The number of fused-ring (bicyclic) bond motifs is 1. The molecular formula is C34H43F2N5O4. The third kappa shape index (κ3) is 7.94. The van der Waals surface area contributed by atoms with Gasteiger partial charge in [0.1, 0.15) is 17.7 Å². The molecule has 1 aliphatic heterocycles. The molecule has 242 valence electrons. The van der Waals surface area contributed by atoms with E-state index >= 15 is 4.39 Å². The number of hydrogen-bond acceptors (Lipinski definition) is 5. The van der Waals surface area contributed by atoms with Crippen LogP contribution in [0, 0.1) is 38.3 Å². The van der Waals surface area contributed by atoms with E-state index in [9.17, 15) is 23.9 Å². The molecule has 11 heteroatoms. The number of benzene rings is 2. The minimum absolute atomic E-state index is 0.00358. The van der Waals surface area contributed by atoms with Gasteiger partial charge in [-0.15, -0.1) is 0 Å². The van der Waals surface area contributed by atoms with Crippen LogP contribution < -0.4 is 10.6 Å². The Bertz CT molecular complexity index is 1580. The zero-order valence-corrected chi connectivity index (χ0v) is 27.0. The quantitative estimate of drug-likeness (QED) is 0.262. The molecule has 0 aliphatic carbocycles. The lowest BCUT2D eigenvalue weighted by atomic mass is 9.90. The topological polar surface area (TPSA) is 117 Å². The molecule has 0 spiro atoms. The van der Waals surface area contributed by atoms with E-state index < -0.39 is 48.0 Å². The molecular weight excluding hydrogens is 580 g/mol. The molecule has 2 atom stereocenters. The van der Waals surface area contributed by atoms with E-state index in [1.165, 1.54) is 22.9 Å². The van der Waals surface area contributed by atoms with Crippen LogP contribution in [-0.4, -0.2) is 56.3 Å². The zero-order chi connectivity index (χ0) is 33.2. The van der Waals surface area contributed by atoms with Crippen LogP contribution >= 0.6 is 0 Å². The number of aliphatic carboxylic acids is 1. The molecule has 2 aromatic carbocycles. The lowest BCUT2D eigenvalue weighted by molar-refractivity contribution is -0.137. The standard InChI is InChI=1S/C34H43F2N5O4/c1-18(2)10-28(38-34(45)41-16-23-8-9-40(19(3)4)17-29(23)39-41)33(44)37-27(15-30(42)43)26-14-24(11-22(7)32(26)36)31-20(5)12-25(35)13-21(31)6/h11-14,16,18-19,27-28H,8-10,15,17H2,1-7H3,(H,37,44)(H,38,45)(H,42,43)/t27-,28-/m0/s1. The molecule has 0 saturated heterocycles. The fourth-order valence-corrected chi connectivity index (χ4v) is 6.03. The van der Waals surface area contributed by atoms with Crippen LogP contribution in [0.25, 0.3) is 11.1 Å². The maximum Gasteiger partial charge on any atom is 0.342 e. The SMILES string of the molecule is Cc1cc(-c2c(C)cc(F)cc2C)cc([C@H](CC(=O)O)NC(=O)[C@H](CC(C)C)NC(=O)n2cc3c(n2)CN(C(C)C)CC3)c1F. The van der Waals surface area contributed by atoms with Gasteiger partial charge in [0.25, 0.3) is 0 Å². The first-order chi connectivity index (χ1) is 21.1. The number of rotatable bonds is 10. The van der Waals surface area contributed by atoms with Gasteiger partial charge in [-0.3, -0.25) is 14.5 Å². The largest absolute Gasteiger partial charge is 0.481 e. The van der Waals surface area contributed by atoms with Crippen molar-refractivity contribution < 1.29 is 28.3 Å². The van der Waals surface area contributed by atoms with Crippen LogP contribution in [0.2, 0.25) is 0 Å². The lowest BCUT2D eigenvalue weighted by Crippen LogP contribution is -2.49. The first-order valence-electron chi connectivity index (χ1n) is 15.4. The number of hydrogen-bond donors (Lipinski definition) is 3. The van der Waals surface area contributed by atoms with Gasteiger partial charge in [0.15, 0.2) is 0 Å². The summed E-state index contributed by atoms with van der Waals surface area (Å²) in [6.45, 7) is 14.5. The number of nitrogens with one attached hydrogen (secondary N) is 2.